The summed E-state index contributed by atoms with van der Waals surface area (Å²) in [5, 5.41) is -0.333. The van der Waals surface area contributed by atoms with Crippen LogP contribution in [0.3, 0.4) is 0 Å². The number of sulfonamides is 1. The number of amides is 1. The second-order valence-corrected chi connectivity index (χ2v) is 6.10. The largest absolute Gasteiger partial charge is 0.328 e. The predicted molar refractivity (Wildman–Crippen MR) is 50.8 cm³/mol. The molecule has 0 radical (unpaired) electrons. The number of carbonyl (C=O) groups is 1. The minimum Gasteiger partial charge on any atom is -0.328 e. The Hall–Kier alpha value is -0.620. The lowest BCUT2D eigenvalue weighted by Crippen LogP contribution is -2.47. The van der Waals surface area contributed by atoms with Crippen LogP contribution >= 0.6 is 0 Å². The molecule has 0 aliphatic heterocycles. The second kappa shape index (κ2) is 3.20. The first kappa shape index (κ1) is 9.92. The van der Waals surface area contributed by atoms with Crippen molar-refractivity contribution >= 4 is 15.9 Å². The SMILES string of the molecule is NC1CC(C(=O)NS(=O)(=O)C2CC2)C1. The fourth-order valence-electron chi connectivity index (χ4n) is 1.56. The van der Waals surface area contributed by atoms with Crippen LogP contribution in [0.2, 0.25) is 0 Å². The summed E-state index contributed by atoms with van der Waals surface area (Å²) in [6.07, 6.45) is 2.55. The molecule has 0 unspecified atom stereocenters. The molecule has 0 saturated heterocycles. The van der Waals surface area contributed by atoms with E-state index in [4.69, 9.17) is 5.73 Å². The van der Waals surface area contributed by atoms with Gasteiger partial charge in [-0.2, -0.15) is 0 Å². The molecule has 14 heavy (non-hydrogen) atoms. The Bertz CT molecular complexity index is 342. The van der Waals surface area contributed by atoms with Gasteiger partial charge < -0.3 is 5.73 Å². The zero-order valence-corrected chi connectivity index (χ0v) is 8.59. The Kier molecular flexibility index (Phi) is 2.27. The van der Waals surface area contributed by atoms with E-state index >= 15 is 0 Å². The summed E-state index contributed by atoms with van der Waals surface area (Å²) in [6, 6.07) is 0.0642. The summed E-state index contributed by atoms with van der Waals surface area (Å²) in [4.78, 5) is 11.4. The summed E-state index contributed by atoms with van der Waals surface area (Å²) in [5.41, 5.74) is 5.51. The molecule has 2 rings (SSSR count). The minimum atomic E-state index is -3.37. The van der Waals surface area contributed by atoms with Crippen molar-refractivity contribution in [3.05, 3.63) is 0 Å². The first-order valence-corrected chi connectivity index (χ1v) is 6.35. The van der Waals surface area contributed by atoms with Gasteiger partial charge in [0.25, 0.3) is 0 Å². The molecular formula is C8H14N2O3S. The third-order valence-corrected chi connectivity index (χ3v) is 4.59. The van der Waals surface area contributed by atoms with E-state index in [0.29, 0.717) is 25.7 Å². The van der Waals surface area contributed by atoms with E-state index in [1.165, 1.54) is 0 Å². The molecule has 0 aromatic carbocycles. The molecule has 6 heteroatoms. The quantitative estimate of drug-likeness (QED) is 0.657. The van der Waals surface area contributed by atoms with E-state index < -0.39 is 10.0 Å². The Morgan fingerprint density at radius 1 is 1.29 bits per heavy atom. The van der Waals surface area contributed by atoms with Crippen LogP contribution < -0.4 is 10.5 Å². The lowest BCUT2D eigenvalue weighted by molar-refractivity contribution is -0.126. The van der Waals surface area contributed by atoms with Gasteiger partial charge in [0.05, 0.1) is 5.25 Å². The summed E-state index contributed by atoms with van der Waals surface area (Å²) in [6.45, 7) is 0. The summed E-state index contributed by atoms with van der Waals surface area (Å²) >= 11 is 0. The van der Waals surface area contributed by atoms with Gasteiger partial charge in [-0.1, -0.05) is 0 Å². The van der Waals surface area contributed by atoms with Crippen LogP contribution in [0.1, 0.15) is 25.7 Å². The zero-order chi connectivity index (χ0) is 10.3. The third-order valence-electron chi connectivity index (χ3n) is 2.75. The Morgan fingerprint density at radius 2 is 1.86 bits per heavy atom. The van der Waals surface area contributed by atoms with E-state index in [9.17, 15) is 13.2 Å². The summed E-state index contributed by atoms with van der Waals surface area (Å²) in [7, 11) is -3.37. The average molecular weight is 218 g/mol. The first-order chi connectivity index (χ1) is 6.49. The number of nitrogens with one attached hydrogen (secondary N) is 1. The van der Waals surface area contributed by atoms with E-state index in [-0.39, 0.29) is 23.1 Å². The van der Waals surface area contributed by atoms with Gasteiger partial charge in [-0.05, 0) is 25.7 Å². The van der Waals surface area contributed by atoms with Crippen molar-refractivity contribution in [3.8, 4) is 0 Å². The fourth-order valence-corrected chi connectivity index (χ4v) is 2.93. The van der Waals surface area contributed by atoms with Crippen LogP contribution in [0.25, 0.3) is 0 Å². The van der Waals surface area contributed by atoms with Crippen molar-refractivity contribution in [1.82, 2.24) is 4.72 Å². The van der Waals surface area contributed by atoms with Gasteiger partial charge in [-0.3, -0.25) is 9.52 Å². The monoisotopic (exact) mass is 218 g/mol. The van der Waals surface area contributed by atoms with E-state index in [1.807, 2.05) is 0 Å². The third kappa shape index (κ3) is 1.90. The van der Waals surface area contributed by atoms with E-state index in [1.54, 1.807) is 0 Å². The van der Waals surface area contributed by atoms with Gasteiger partial charge in [0, 0.05) is 12.0 Å². The zero-order valence-electron chi connectivity index (χ0n) is 7.77. The number of hydrogen-bond acceptors (Lipinski definition) is 4. The topological polar surface area (TPSA) is 89.3 Å². The summed E-state index contributed by atoms with van der Waals surface area (Å²) in [5.74, 6) is -0.572. The standard InChI is InChI=1S/C8H14N2O3S/c9-6-3-5(4-6)8(11)10-14(12,13)7-1-2-7/h5-7H,1-4,9H2,(H,10,11). The molecule has 0 heterocycles. The van der Waals surface area contributed by atoms with Crippen LogP contribution in [0.5, 0.6) is 0 Å². The van der Waals surface area contributed by atoms with Crippen molar-refractivity contribution < 1.29 is 13.2 Å². The van der Waals surface area contributed by atoms with Crippen molar-refractivity contribution in [1.29, 1.82) is 0 Å². The van der Waals surface area contributed by atoms with E-state index in [0.717, 1.165) is 0 Å². The molecular weight excluding hydrogens is 204 g/mol. The van der Waals surface area contributed by atoms with Crippen molar-refractivity contribution in [3.63, 3.8) is 0 Å². The summed E-state index contributed by atoms with van der Waals surface area (Å²) < 4.78 is 24.9. The molecule has 2 aliphatic rings. The maximum atomic E-state index is 11.4. The maximum absolute atomic E-state index is 11.4. The highest BCUT2D eigenvalue weighted by Gasteiger charge is 2.40. The minimum absolute atomic E-state index is 0.0642. The number of nitrogens with two attached hydrogens (primary N) is 1. The molecule has 1 amide bonds. The number of rotatable bonds is 3. The van der Waals surface area contributed by atoms with Crippen molar-refractivity contribution in [2.75, 3.05) is 0 Å². The molecule has 0 aromatic rings. The fraction of sp³-hybridized carbons (Fsp3) is 0.875. The van der Waals surface area contributed by atoms with Gasteiger partial charge in [0.1, 0.15) is 0 Å². The normalized spacial score (nSPS) is 32.1. The Morgan fingerprint density at radius 3 is 2.29 bits per heavy atom. The number of hydrogen-bond donors (Lipinski definition) is 2. The molecule has 0 spiro atoms. The highest BCUT2D eigenvalue weighted by atomic mass is 32.2. The van der Waals surface area contributed by atoms with Gasteiger partial charge in [-0.15, -0.1) is 0 Å². The Balaban J connectivity index is 1.88. The van der Waals surface area contributed by atoms with Crippen LogP contribution in [-0.4, -0.2) is 25.6 Å². The highest BCUT2D eigenvalue weighted by molar-refractivity contribution is 7.90. The van der Waals surface area contributed by atoms with Crippen molar-refractivity contribution in [2.45, 2.75) is 37.0 Å². The van der Waals surface area contributed by atoms with Crippen LogP contribution in [0, 0.1) is 5.92 Å². The van der Waals surface area contributed by atoms with Crippen LogP contribution in [0.4, 0.5) is 0 Å². The van der Waals surface area contributed by atoms with Crippen LogP contribution in [-0.2, 0) is 14.8 Å². The van der Waals surface area contributed by atoms with Gasteiger partial charge in [-0.25, -0.2) is 8.42 Å². The predicted octanol–water partition coefficient (Wildman–Crippen LogP) is -0.668. The molecule has 80 valence electrons. The molecule has 5 nitrogen and oxygen atoms in total. The molecule has 0 aromatic heterocycles. The molecule has 0 bridgehead atoms. The van der Waals surface area contributed by atoms with Gasteiger partial charge >= 0.3 is 0 Å². The first-order valence-electron chi connectivity index (χ1n) is 4.80. The lowest BCUT2D eigenvalue weighted by Gasteiger charge is -2.30. The highest BCUT2D eigenvalue weighted by Crippen LogP contribution is 2.29. The smallest absolute Gasteiger partial charge is 0.237 e. The van der Waals surface area contributed by atoms with Gasteiger partial charge in [0.15, 0.2) is 0 Å². The second-order valence-electron chi connectivity index (χ2n) is 4.14. The number of carbonyl (C=O) groups excluding carboxylic acids is 1. The van der Waals surface area contributed by atoms with Crippen molar-refractivity contribution in [2.24, 2.45) is 11.7 Å². The average Bonchev–Trinajstić information content (AvgIpc) is 2.78. The molecule has 3 N–H and O–H groups in total. The molecule has 0 atom stereocenters. The Labute approximate surface area is 83.1 Å². The molecule has 2 fully saturated rings. The van der Waals surface area contributed by atoms with Crippen LogP contribution in [0.15, 0.2) is 0 Å². The van der Waals surface area contributed by atoms with Gasteiger partial charge in [0.2, 0.25) is 15.9 Å². The molecule has 2 aliphatic carbocycles. The molecule has 2 saturated carbocycles. The van der Waals surface area contributed by atoms with E-state index in [2.05, 4.69) is 4.72 Å². The maximum Gasteiger partial charge on any atom is 0.237 e. The lowest BCUT2D eigenvalue weighted by atomic mass is 9.80.